The van der Waals surface area contributed by atoms with Crippen molar-refractivity contribution in [2.75, 3.05) is 20.8 Å². The molecule has 1 atom stereocenters. The number of nitrogens with zero attached hydrogens (tertiary/aromatic N) is 1. The van der Waals surface area contributed by atoms with E-state index in [1.165, 1.54) is 19.1 Å². The molecule has 1 fully saturated rings. The summed E-state index contributed by atoms with van der Waals surface area (Å²) in [6, 6.07) is 9.63. The Bertz CT molecular complexity index is 1000. The fourth-order valence-corrected chi connectivity index (χ4v) is 4.68. The molecule has 0 aliphatic heterocycles. The number of hydrogen-bond donors (Lipinski definition) is 1. The maximum atomic E-state index is 13.4. The van der Waals surface area contributed by atoms with Crippen LogP contribution >= 0.6 is 23.2 Å². The lowest BCUT2D eigenvalue weighted by Gasteiger charge is -2.31. The summed E-state index contributed by atoms with van der Waals surface area (Å²) in [4.78, 5) is 28.2. The molecular formula is C26H32Cl2N2O5. The van der Waals surface area contributed by atoms with Gasteiger partial charge in [0.05, 0.1) is 14.2 Å². The molecule has 7 nitrogen and oxygen atoms in total. The average Bonchev–Trinajstić information content (AvgIpc) is 3.36. The summed E-state index contributed by atoms with van der Waals surface area (Å²) in [6.45, 7) is 1.77. The van der Waals surface area contributed by atoms with Gasteiger partial charge >= 0.3 is 0 Å². The highest BCUT2D eigenvalue weighted by molar-refractivity contribution is 6.35. The van der Waals surface area contributed by atoms with Crippen LogP contribution < -0.4 is 19.5 Å². The third kappa shape index (κ3) is 7.42. The number of carbonyl (C=O) groups excluding carboxylic acids is 2. The summed E-state index contributed by atoms with van der Waals surface area (Å²) in [7, 11) is 3.08. The number of nitrogens with one attached hydrogen (secondary N) is 1. The van der Waals surface area contributed by atoms with Crippen molar-refractivity contribution in [1.82, 2.24) is 10.2 Å². The highest BCUT2D eigenvalue weighted by Crippen LogP contribution is 2.28. The second-order valence-electron chi connectivity index (χ2n) is 8.51. The van der Waals surface area contributed by atoms with Crippen LogP contribution in [0.15, 0.2) is 36.4 Å². The molecule has 0 bridgehead atoms. The standard InChI is InChI=1S/C26H32Cl2N2O5/c1-4-24(26(32)29-19-7-5-6-8-19)30(15-17-9-10-18(27)11-23(17)28)25(31)16-35-22-13-20(33-2)12-21(14-22)34-3/h9-14,19,24H,4-8,15-16H2,1-3H3,(H,29,32). The fourth-order valence-electron chi connectivity index (χ4n) is 4.21. The highest BCUT2D eigenvalue weighted by Gasteiger charge is 2.31. The molecule has 1 N–H and O–H groups in total. The minimum atomic E-state index is -0.668. The van der Waals surface area contributed by atoms with Gasteiger partial charge in [-0.25, -0.2) is 0 Å². The van der Waals surface area contributed by atoms with E-state index in [2.05, 4.69) is 5.32 Å². The third-order valence-electron chi connectivity index (χ3n) is 6.13. The van der Waals surface area contributed by atoms with Gasteiger partial charge in [-0.2, -0.15) is 0 Å². The Balaban J connectivity index is 1.81. The number of benzene rings is 2. The van der Waals surface area contributed by atoms with Crippen LogP contribution in [0.2, 0.25) is 10.0 Å². The Morgan fingerprint density at radius 1 is 1.03 bits per heavy atom. The summed E-state index contributed by atoms with van der Waals surface area (Å²) < 4.78 is 16.3. The molecule has 35 heavy (non-hydrogen) atoms. The number of amides is 2. The molecule has 1 saturated carbocycles. The maximum absolute atomic E-state index is 13.4. The van der Waals surface area contributed by atoms with Crippen LogP contribution in [0.5, 0.6) is 17.2 Å². The van der Waals surface area contributed by atoms with Gasteiger partial charge in [0.25, 0.3) is 5.91 Å². The fraction of sp³-hybridized carbons (Fsp3) is 0.462. The smallest absolute Gasteiger partial charge is 0.261 e. The number of rotatable bonds is 11. The molecule has 0 aromatic heterocycles. The molecule has 1 aliphatic rings. The van der Waals surface area contributed by atoms with Gasteiger partial charge < -0.3 is 24.4 Å². The summed E-state index contributed by atoms with van der Waals surface area (Å²) in [5.74, 6) is 0.993. The molecule has 0 heterocycles. The van der Waals surface area contributed by atoms with Gasteiger partial charge in [0, 0.05) is 40.8 Å². The Kier molecular flexibility index (Phi) is 9.93. The van der Waals surface area contributed by atoms with Crippen LogP contribution in [0.1, 0.15) is 44.6 Å². The lowest BCUT2D eigenvalue weighted by molar-refractivity contribution is -0.143. The first-order valence-corrected chi connectivity index (χ1v) is 12.5. The quantitative estimate of drug-likeness (QED) is 0.435. The Labute approximate surface area is 216 Å². The second-order valence-corrected chi connectivity index (χ2v) is 9.35. The van der Waals surface area contributed by atoms with Crippen LogP contribution in [0.25, 0.3) is 0 Å². The molecule has 9 heteroatoms. The molecule has 0 saturated heterocycles. The lowest BCUT2D eigenvalue weighted by Crippen LogP contribution is -2.52. The van der Waals surface area contributed by atoms with Crippen molar-refractivity contribution in [2.24, 2.45) is 0 Å². The first-order valence-electron chi connectivity index (χ1n) is 11.7. The molecule has 2 aromatic rings. The summed E-state index contributed by atoms with van der Waals surface area (Å²) in [5.41, 5.74) is 0.694. The zero-order valence-electron chi connectivity index (χ0n) is 20.3. The summed E-state index contributed by atoms with van der Waals surface area (Å²) >= 11 is 12.4. The van der Waals surface area contributed by atoms with Crippen LogP contribution in [-0.4, -0.2) is 49.6 Å². The van der Waals surface area contributed by atoms with Gasteiger partial charge in [-0.3, -0.25) is 9.59 Å². The van der Waals surface area contributed by atoms with Crippen molar-refractivity contribution in [1.29, 1.82) is 0 Å². The molecule has 0 radical (unpaired) electrons. The van der Waals surface area contributed by atoms with E-state index in [0.717, 1.165) is 25.7 Å². The number of methoxy groups -OCH3 is 2. The van der Waals surface area contributed by atoms with Crippen molar-refractivity contribution in [3.8, 4) is 17.2 Å². The molecule has 2 amide bonds. The normalized spacial score (nSPS) is 14.3. The van der Waals surface area contributed by atoms with E-state index < -0.39 is 6.04 Å². The van der Waals surface area contributed by atoms with E-state index in [1.807, 2.05) is 6.92 Å². The van der Waals surface area contributed by atoms with Crippen LogP contribution in [0.3, 0.4) is 0 Å². The minimum absolute atomic E-state index is 0.146. The number of ether oxygens (including phenoxy) is 3. The SMILES string of the molecule is CCC(C(=O)NC1CCCC1)N(Cc1ccc(Cl)cc1Cl)C(=O)COc1cc(OC)cc(OC)c1. The Hall–Kier alpha value is -2.64. The zero-order valence-corrected chi connectivity index (χ0v) is 21.8. The van der Waals surface area contributed by atoms with E-state index in [9.17, 15) is 9.59 Å². The number of carbonyl (C=O) groups is 2. The summed E-state index contributed by atoms with van der Waals surface area (Å²) in [6.07, 6.45) is 4.56. The lowest BCUT2D eigenvalue weighted by atomic mass is 10.1. The van der Waals surface area contributed by atoms with E-state index >= 15 is 0 Å². The monoisotopic (exact) mass is 522 g/mol. The largest absolute Gasteiger partial charge is 0.496 e. The van der Waals surface area contributed by atoms with E-state index in [0.29, 0.717) is 39.3 Å². The van der Waals surface area contributed by atoms with Crippen molar-refractivity contribution < 1.29 is 23.8 Å². The van der Waals surface area contributed by atoms with E-state index in [4.69, 9.17) is 37.4 Å². The van der Waals surface area contributed by atoms with Crippen molar-refractivity contribution in [3.63, 3.8) is 0 Å². The third-order valence-corrected chi connectivity index (χ3v) is 6.72. The molecule has 1 unspecified atom stereocenters. The van der Waals surface area contributed by atoms with E-state index in [1.54, 1.807) is 36.4 Å². The van der Waals surface area contributed by atoms with Crippen molar-refractivity contribution in [3.05, 3.63) is 52.0 Å². The van der Waals surface area contributed by atoms with Crippen LogP contribution in [-0.2, 0) is 16.1 Å². The Morgan fingerprint density at radius 3 is 2.23 bits per heavy atom. The zero-order chi connectivity index (χ0) is 25.4. The highest BCUT2D eigenvalue weighted by atomic mass is 35.5. The molecule has 1 aliphatic carbocycles. The van der Waals surface area contributed by atoms with Crippen molar-refractivity contribution in [2.45, 2.75) is 57.7 Å². The maximum Gasteiger partial charge on any atom is 0.261 e. The predicted octanol–water partition coefficient (Wildman–Crippen LogP) is 5.26. The first kappa shape index (κ1) is 27.0. The molecule has 3 rings (SSSR count). The first-order chi connectivity index (χ1) is 16.8. The van der Waals surface area contributed by atoms with Gasteiger partial charge in [0.15, 0.2) is 6.61 Å². The second kappa shape index (κ2) is 12.9. The minimum Gasteiger partial charge on any atom is -0.496 e. The van der Waals surface area contributed by atoms with Gasteiger partial charge in [0.1, 0.15) is 23.3 Å². The summed E-state index contributed by atoms with van der Waals surface area (Å²) in [5, 5.41) is 4.05. The molecule has 0 spiro atoms. The molecule has 190 valence electrons. The topological polar surface area (TPSA) is 77.1 Å². The van der Waals surface area contributed by atoms with Gasteiger partial charge in [-0.05, 0) is 37.0 Å². The molecule has 2 aromatic carbocycles. The van der Waals surface area contributed by atoms with Gasteiger partial charge in [0.2, 0.25) is 5.91 Å². The molecular weight excluding hydrogens is 491 g/mol. The van der Waals surface area contributed by atoms with Gasteiger partial charge in [-0.15, -0.1) is 0 Å². The van der Waals surface area contributed by atoms with Crippen LogP contribution in [0.4, 0.5) is 0 Å². The number of halogens is 2. The van der Waals surface area contributed by atoms with E-state index in [-0.39, 0.29) is 31.0 Å². The Morgan fingerprint density at radius 2 is 1.66 bits per heavy atom. The van der Waals surface area contributed by atoms with Gasteiger partial charge in [-0.1, -0.05) is 49.0 Å². The van der Waals surface area contributed by atoms with Crippen LogP contribution in [0, 0.1) is 0 Å². The predicted molar refractivity (Wildman–Crippen MR) is 137 cm³/mol. The average molecular weight is 523 g/mol. The van der Waals surface area contributed by atoms with Crippen molar-refractivity contribution >= 4 is 35.0 Å². The number of hydrogen-bond acceptors (Lipinski definition) is 5.